The molecule has 12 heteroatoms. The Morgan fingerprint density at radius 2 is 2.00 bits per heavy atom. The molecule has 196 valence electrons. The van der Waals surface area contributed by atoms with Crippen molar-refractivity contribution in [2.24, 2.45) is 0 Å². The van der Waals surface area contributed by atoms with Gasteiger partial charge in [-0.15, -0.1) is 0 Å². The third-order valence-electron chi connectivity index (χ3n) is 6.08. The normalized spacial score (nSPS) is 16.5. The van der Waals surface area contributed by atoms with Crippen LogP contribution in [-0.4, -0.2) is 48.5 Å². The van der Waals surface area contributed by atoms with Crippen LogP contribution in [0.2, 0.25) is 0 Å². The number of alkyl halides is 1. The minimum Gasteiger partial charge on any atom is -0.480 e. The zero-order valence-corrected chi connectivity index (χ0v) is 21.2. The predicted molar refractivity (Wildman–Crippen MR) is 133 cm³/mol. The van der Waals surface area contributed by atoms with E-state index >= 15 is 0 Å². The van der Waals surface area contributed by atoms with Crippen LogP contribution in [0.25, 0.3) is 22.2 Å². The second kappa shape index (κ2) is 10.0. The number of hydrogen-bond acceptors (Lipinski definition) is 8. The first-order valence-corrected chi connectivity index (χ1v) is 13.1. The van der Waals surface area contributed by atoms with Crippen molar-refractivity contribution in [2.75, 3.05) is 13.7 Å². The Bertz CT molecular complexity index is 1680. The van der Waals surface area contributed by atoms with Crippen LogP contribution >= 0.6 is 0 Å². The van der Waals surface area contributed by atoms with Gasteiger partial charge in [0.15, 0.2) is 0 Å². The molecule has 0 aliphatic carbocycles. The minimum absolute atomic E-state index is 0.0452. The lowest BCUT2D eigenvalue weighted by Gasteiger charge is -2.12. The Kier molecular flexibility index (Phi) is 6.76. The number of pyridine rings is 3. The molecule has 4 heterocycles. The summed E-state index contributed by atoms with van der Waals surface area (Å²) < 4.78 is 64.0. The van der Waals surface area contributed by atoms with Crippen molar-refractivity contribution in [1.29, 1.82) is 0 Å². The largest absolute Gasteiger partial charge is 0.480 e. The Labute approximate surface area is 216 Å². The van der Waals surface area contributed by atoms with Crippen molar-refractivity contribution in [3.05, 3.63) is 77.0 Å². The molecule has 1 aliphatic rings. The van der Waals surface area contributed by atoms with E-state index in [9.17, 15) is 22.0 Å². The maximum atomic E-state index is 14.7. The van der Waals surface area contributed by atoms with Crippen LogP contribution in [0.3, 0.4) is 0 Å². The van der Waals surface area contributed by atoms with Crippen molar-refractivity contribution in [1.82, 2.24) is 20.3 Å². The van der Waals surface area contributed by atoms with Gasteiger partial charge in [0.05, 0.1) is 54.2 Å². The Balaban J connectivity index is 1.39. The zero-order valence-electron chi connectivity index (χ0n) is 20.4. The van der Waals surface area contributed by atoms with Crippen LogP contribution < -0.4 is 10.1 Å². The molecule has 0 unspecified atom stereocenters. The first kappa shape index (κ1) is 25.6. The van der Waals surface area contributed by atoms with E-state index in [-0.39, 0.29) is 17.7 Å². The van der Waals surface area contributed by atoms with Crippen molar-refractivity contribution in [3.63, 3.8) is 0 Å². The van der Waals surface area contributed by atoms with Gasteiger partial charge in [-0.2, -0.15) is 0 Å². The topological polar surface area (TPSA) is 120 Å². The number of methoxy groups -OCH3 is 1. The molecular weight excluding hydrogens is 518 g/mol. The second-order valence-corrected chi connectivity index (χ2v) is 10.7. The Morgan fingerprint density at radius 1 is 1.18 bits per heavy atom. The molecule has 0 saturated carbocycles. The number of aryl methyl sites for hydroxylation is 1. The number of ether oxygens (including phenoxy) is 2. The van der Waals surface area contributed by atoms with Gasteiger partial charge in [-0.3, -0.25) is 9.78 Å². The number of carbonyl (C=O) groups is 1. The molecule has 0 saturated heterocycles. The summed E-state index contributed by atoms with van der Waals surface area (Å²) >= 11 is 0. The third kappa shape index (κ3) is 4.79. The minimum atomic E-state index is -4.51. The standard InChI is InChI=1S/C26H22F2N4O5S/c1-14-3-5-18(26(31-14)36-2)21-6-4-15-10-29-17(9-22(15)32-21)11-30-25(33)16-7-20(27)19-12-37-13-24(28)38(34,35)23(19)8-16/h3-10,24H,11-13H2,1-2H3,(H,30,33)/t24-/m1/s1. The fourth-order valence-electron chi connectivity index (χ4n) is 4.08. The highest BCUT2D eigenvalue weighted by atomic mass is 32.2. The molecule has 1 N–H and O–H groups in total. The van der Waals surface area contributed by atoms with Gasteiger partial charge in [-0.05, 0) is 49.4 Å². The van der Waals surface area contributed by atoms with E-state index < -0.39 is 45.2 Å². The molecule has 1 amide bonds. The molecule has 0 fully saturated rings. The highest BCUT2D eigenvalue weighted by Gasteiger charge is 2.35. The fourth-order valence-corrected chi connectivity index (χ4v) is 5.42. The second-order valence-electron chi connectivity index (χ2n) is 8.66. The lowest BCUT2D eigenvalue weighted by atomic mass is 10.1. The maximum Gasteiger partial charge on any atom is 0.251 e. The van der Waals surface area contributed by atoms with E-state index in [1.54, 1.807) is 12.3 Å². The number of halogens is 2. The molecule has 1 aliphatic heterocycles. The van der Waals surface area contributed by atoms with Crippen LogP contribution in [0.15, 0.2) is 53.6 Å². The molecule has 4 aromatic rings. The SMILES string of the molecule is COc1nc(C)ccc1-c1ccc2cnc(CNC(=O)c3cc(F)c4c(c3)S(=O)(=O)[C@@H](F)COC4)cc2n1. The number of benzene rings is 1. The summed E-state index contributed by atoms with van der Waals surface area (Å²) in [6.07, 6.45) is 1.61. The lowest BCUT2D eigenvalue weighted by molar-refractivity contribution is 0.0938. The maximum absolute atomic E-state index is 14.7. The Hall–Kier alpha value is -4.03. The van der Waals surface area contributed by atoms with Crippen molar-refractivity contribution in [3.8, 4) is 17.1 Å². The van der Waals surface area contributed by atoms with Gasteiger partial charge in [-0.1, -0.05) is 0 Å². The van der Waals surface area contributed by atoms with E-state index in [1.807, 2.05) is 31.2 Å². The monoisotopic (exact) mass is 540 g/mol. The van der Waals surface area contributed by atoms with Crippen LogP contribution in [0.1, 0.15) is 27.3 Å². The highest BCUT2D eigenvalue weighted by Crippen LogP contribution is 2.30. The van der Waals surface area contributed by atoms with Gasteiger partial charge >= 0.3 is 0 Å². The highest BCUT2D eigenvalue weighted by molar-refractivity contribution is 7.92. The average molecular weight is 541 g/mol. The molecule has 1 aromatic carbocycles. The average Bonchev–Trinajstić information content (AvgIpc) is 3.02. The molecule has 3 aromatic heterocycles. The first-order chi connectivity index (χ1) is 18.2. The number of sulfone groups is 1. The summed E-state index contributed by atoms with van der Waals surface area (Å²) in [7, 11) is -2.97. The van der Waals surface area contributed by atoms with E-state index in [2.05, 4.69) is 20.3 Å². The Morgan fingerprint density at radius 3 is 2.79 bits per heavy atom. The fraction of sp³-hybridized carbons (Fsp3) is 0.231. The smallest absolute Gasteiger partial charge is 0.251 e. The molecular formula is C26H22F2N4O5S. The summed E-state index contributed by atoms with van der Waals surface area (Å²) in [4.78, 5) is 25.6. The van der Waals surface area contributed by atoms with E-state index in [1.165, 1.54) is 7.11 Å². The van der Waals surface area contributed by atoms with Crippen molar-refractivity contribution in [2.45, 2.75) is 30.5 Å². The quantitative estimate of drug-likeness (QED) is 0.407. The molecule has 9 nitrogen and oxygen atoms in total. The molecule has 5 rings (SSSR count). The summed E-state index contributed by atoms with van der Waals surface area (Å²) in [5.74, 6) is -1.27. The zero-order chi connectivity index (χ0) is 27.0. The van der Waals surface area contributed by atoms with Gasteiger partial charge < -0.3 is 14.8 Å². The van der Waals surface area contributed by atoms with Gasteiger partial charge in [0, 0.05) is 28.4 Å². The lowest BCUT2D eigenvalue weighted by Crippen LogP contribution is -2.25. The number of carbonyl (C=O) groups excluding carboxylic acids is 1. The molecule has 1 atom stereocenters. The van der Waals surface area contributed by atoms with Crippen LogP contribution in [-0.2, 0) is 27.7 Å². The van der Waals surface area contributed by atoms with Gasteiger partial charge in [0.2, 0.25) is 21.2 Å². The number of rotatable bonds is 5. The van der Waals surface area contributed by atoms with Gasteiger partial charge in [0.1, 0.15) is 5.82 Å². The third-order valence-corrected chi connectivity index (χ3v) is 7.87. The number of nitrogens with zero attached hydrogens (tertiary/aromatic N) is 3. The van der Waals surface area contributed by atoms with Crippen LogP contribution in [0.4, 0.5) is 8.78 Å². The summed E-state index contributed by atoms with van der Waals surface area (Å²) in [6.45, 7) is 0.686. The van der Waals surface area contributed by atoms with Crippen LogP contribution in [0.5, 0.6) is 5.88 Å². The summed E-state index contributed by atoms with van der Waals surface area (Å²) in [5.41, 5.74) is 0.312. The number of fused-ring (bicyclic) bond motifs is 2. The van der Waals surface area contributed by atoms with E-state index in [0.717, 1.165) is 23.2 Å². The van der Waals surface area contributed by atoms with E-state index in [4.69, 9.17) is 9.47 Å². The molecule has 0 bridgehead atoms. The predicted octanol–water partition coefficient (Wildman–Crippen LogP) is 3.68. The van der Waals surface area contributed by atoms with Crippen LogP contribution in [0, 0.1) is 12.7 Å². The molecule has 0 radical (unpaired) electrons. The summed E-state index contributed by atoms with van der Waals surface area (Å²) in [6, 6.07) is 11.0. The van der Waals surface area contributed by atoms with Gasteiger partial charge in [0.25, 0.3) is 5.91 Å². The van der Waals surface area contributed by atoms with Crippen molar-refractivity contribution >= 4 is 26.6 Å². The number of hydrogen-bond donors (Lipinski definition) is 1. The molecule has 0 spiro atoms. The van der Waals surface area contributed by atoms with E-state index in [0.29, 0.717) is 28.3 Å². The van der Waals surface area contributed by atoms with Crippen molar-refractivity contribution < 1.29 is 31.5 Å². The number of nitrogens with one attached hydrogen (secondary N) is 1. The first-order valence-electron chi connectivity index (χ1n) is 11.5. The summed E-state index contributed by atoms with van der Waals surface area (Å²) in [5, 5.41) is 3.36. The van der Waals surface area contributed by atoms with Gasteiger partial charge in [-0.25, -0.2) is 27.2 Å². The molecule has 38 heavy (non-hydrogen) atoms. The number of amides is 1. The number of aromatic nitrogens is 3.